The van der Waals surface area contributed by atoms with Gasteiger partial charge in [0.1, 0.15) is 17.0 Å². The van der Waals surface area contributed by atoms with Gasteiger partial charge >= 0.3 is 5.97 Å². The lowest BCUT2D eigenvalue weighted by Gasteiger charge is -2.24. The van der Waals surface area contributed by atoms with E-state index in [4.69, 9.17) is 4.74 Å². The number of rotatable bonds is 4. The molecule has 27 heavy (non-hydrogen) atoms. The SMILES string of the molecule is C[C@@H](C(=O)OC1CCCCC1)n1cnc2sc(-c3ccccc3)cc2c1=O. The van der Waals surface area contributed by atoms with Gasteiger partial charge in [0.25, 0.3) is 5.56 Å². The van der Waals surface area contributed by atoms with Crippen LogP contribution in [0.25, 0.3) is 20.7 Å². The maximum Gasteiger partial charge on any atom is 0.329 e. The highest BCUT2D eigenvalue weighted by Gasteiger charge is 2.24. The Kier molecular flexibility index (Phi) is 5.07. The molecule has 1 aliphatic carbocycles. The molecule has 1 atom stereocenters. The number of fused-ring (bicyclic) bond motifs is 1. The average molecular weight is 382 g/mol. The van der Waals surface area contributed by atoms with Gasteiger partial charge in [-0.15, -0.1) is 11.3 Å². The summed E-state index contributed by atoms with van der Waals surface area (Å²) in [4.78, 5) is 31.5. The first-order valence-corrected chi connectivity index (χ1v) is 10.2. The van der Waals surface area contributed by atoms with Crippen LogP contribution in [-0.4, -0.2) is 21.6 Å². The zero-order chi connectivity index (χ0) is 18.8. The second-order valence-corrected chi connectivity index (χ2v) is 8.06. The van der Waals surface area contributed by atoms with Crippen molar-refractivity contribution in [2.45, 2.75) is 51.2 Å². The Balaban J connectivity index is 1.61. The molecular weight excluding hydrogens is 360 g/mol. The number of benzene rings is 1. The molecule has 2 aromatic heterocycles. The van der Waals surface area contributed by atoms with E-state index in [1.54, 1.807) is 6.92 Å². The van der Waals surface area contributed by atoms with Gasteiger partial charge in [-0.05, 0) is 44.2 Å². The van der Waals surface area contributed by atoms with E-state index < -0.39 is 6.04 Å². The normalized spacial score (nSPS) is 16.3. The summed E-state index contributed by atoms with van der Waals surface area (Å²) < 4.78 is 7.01. The fraction of sp³-hybridized carbons (Fsp3) is 0.381. The van der Waals surface area contributed by atoms with Crippen LogP contribution in [0.5, 0.6) is 0 Å². The molecule has 2 heterocycles. The van der Waals surface area contributed by atoms with Crippen LogP contribution in [0.1, 0.15) is 45.1 Å². The Hall–Kier alpha value is -2.47. The molecule has 1 saturated carbocycles. The summed E-state index contributed by atoms with van der Waals surface area (Å²) in [7, 11) is 0. The molecule has 0 amide bonds. The Bertz CT molecular complexity index is 1000. The van der Waals surface area contributed by atoms with Gasteiger partial charge in [0.2, 0.25) is 0 Å². The van der Waals surface area contributed by atoms with Crippen molar-refractivity contribution in [1.82, 2.24) is 9.55 Å². The second-order valence-electron chi connectivity index (χ2n) is 7.03. The molecule has 3 aromatic rings. The summed E-state index contributed by atoms with van der Waals surface area (Å²) in [6.45, 7) is 1.70. The third-order valence-corrected chi connectivity index (χ3v) is 6.22. The van der Waals surface area contributed by atoms with E-state index in [0.717, 1.165) is 36.1 Å². The van der Waals surface area contributed by atoms with Crippen LogP contribution in [0.4, 0.5) is 0 Å². The molecule has 0 bridgehead atoms. The second kappa shape index (κ2) is 7.64. The molecule has 1 aromatic carbocycles. The lowest BCUT2D eigenvalue weighted by atomic mass is 9.98. The predicted molar refractivity (Wildman–Crippen MR) is 107 cm³/mol. The van der Waals surface area contributed by atoms with Gasteiger partial charge in [0.05, 0.1) is 11.7 Å². The lowest BCUT2D eigenvalue weighted by molar-refractivity contribution is -0.154. The number of hydrogen-bond donors (Lipinski definition) is 0. The minimum absolute atomic E-state index is 0.0214. The van der Waals surface area contributed by atoms with Gasteiger partial charge in [-0.3, -0.25) is 9.36 Å². The molecule has 1 fully saturated rings. The summed E-state index contributed by atoms with van der Waals surface area (Å²) in [5, 5.41) is 0.540. The first kappa shape index (κ1) is 17.9. The first-order chi connectivity index (χ1) is 13.1. The van der Waals surface area contributed by atoms with Crippen LogP contribution in [0.3, 0.4) is 0 Å². The van der Waals surface area contributed by atoms with Crippen LogP contribution in [0.2, 0.25) is 0 Å². The van der Waals surface area contributed by atoms with Gasteiger partial charge in [0.15, 0.2) is 0 Å². The minimum Gasteiger partial charge on any atom is -0.461 e. The molecule has 1 aliphatic rings. The molecule has 0 radical (unpaired) electrons. The summed E-state index contributed by atoms with van der Waals surface area (Å²) in [6.07, 6.45) is 6.65. The standard InChI is InChI=1S/C21H22N2O3S/c1-14(21(25)26-16-10-6-3-7-11-16)23-13-22-19-17(20(23)24)12-18(27-19)15-8-4-2-5-9-15/h2,4-5,8-9,12-14,16H,3,6-7,10-11H2,1H3/t14-/m0/s1. The van der Waals surface area contributed by atoms with Gasteiger partial charge in [-0.1, -0.05) is 36.8 Å². The van der Waals surface area contributed by atoms with E-state index in [1.807, 2.05) is 36.4 Å². The fourth-order valence-electron chi connectivity index (χ4n) is 3.52. The van der Waals surface area contributed by atoms with Gasteiger partial charge in [0, 0.05) is 4.88 Å². The average Bonchev–Trinajstić information content (AvgIpc) is 3.14. The van der Waals surface area contributed by atoms with Crippen LogP contribution in [-0.2, 0) is 9.53 Å². The molecule has 0 saturated heterocycles. The van der Waals surface area contributed by atoms with E-state index in [2.05, 4.69) is 4.98 Å². The Morgan fingerprint density at radius 1 is 1.22 bits per heavy atom. The van der Waals surface area contributed by atoms with Crippen molar-refractivity contribution in [3.63, 3.8) is 0 Å². The topological polar surface area (TPSA) is 61.2 Å². The summed E-state index contributed by atoms with van der Waals surface area (Å²) in [5.41, 5.74) is 0.850. The van der Waals surface area contributed by atoms with Crippen LogP contribution in [0, 0.1) is 0 Å². The van der Waals surface area contributed by atoms with Crippen LogP contribution >= 0.6 is 11.3 Å². The zero-order valence-corrected chi connectivity index (χ0v) is 16.1. The van der Waals surface area contributed by atoms with Crippen molar-refractivity contribution in [3.8, 4) is 10.4 Å². The molecule has 140 valence electrons. The number of hydrogen-bond acceptors (Lipinski definition) is 5. The first-order valence-electron chi connectivity index (χ1n) is 9.40. The Morgan fingerprint density at radius 2 is 1.96 bits per heavy atom. The quantitative estimate of drug-likeness (QED) is 0.621. The Labute approximate surface area is 161 Å². The molecular formula is C21H22N2O3S. The van der Waals surface area contributed by atoms with E-state index in [9.17, 15) is 9.59 Å². The largest absolute Gasteiger partial charge is 0.461 e. The molecule has 0 aliphatic heterocycles. The number of aromatic nitrogens is 2. The summed E-state index contributed by atoms with van der Waals surface area (Å²) in [6, 6.07) is 11.1. The molecule has 5 nitrogen and oxygen atoms in total. The molecule has 0 unspecified atom stereocenters. The number of thiophene rings is 1. The van der Waals surface area contributed by atoms with Crippen molar-refractivity contribution < 1.29 is 9.53 Å². The number of esters is 1. The highest BCUT2D eigenvalue weighted by Crippen LogP contribution is 2.31. The Morgan fingerprint density at radius 3 is 2.70 bits per heavy atom. The molecule has 0 N–H and O–H groups in total. The van der Waals surface area contributed by atoms with Gasteiger partial charge in [-0.25, -0.2) is 9.78 Å². The van der Waals surface area contributed by atoms with E-state index >= 15 is 0 Å². The number of carbonyl (C=O) groups is 1. The third-order valence-electron chi connectivity index (χ3n) is 5.13. The van der Waals surface area contributed by atoms with E-state index in [1.165, 1.54) is 28.7 Å². The predicted octanol–water partition coefficient (Wildman–Crippen LogP) is 4.56. The number of nitrogens with zero attached hydrogens (tertiary/aromatic N) is 2. The van der Waals surface area contributed by atoms with Crippen molar-refractivity contribution in [2.75, 3.05) is 0 Å². The smallest absolute Gasteiger partial charge is 0.329 e. The highest BCUT2D eigenvalue weighted by atomic mass is 32.1. The molecule has 6 heteroatoms. The fourth-order valence-corrected chi connectivity index (χ4v) is 4.51. The van der Waals surface area contributed by atoms with Crippen molar-refractivity contribution in [3.05, 3.63) is 53.1 Å². The van der Waals surface area contributed by atoms with Crippen molar-refractivity contribution in [2.24, 2.45) is 0 Å². The summed E-state index contributed by atoms with van der Waals surface area (Å²) in [5.74, 6) is -0.358. The van der Waals surface area contributed by atoms with E-state index in [0.29, 0.717) is 10.2 Å². The molecule has 0 spiro atoms. The third kappa shape index (κ3) is 3.67. The highest BCUT2D eigenvalue weighted by molar-refractivity contribution is 7.21. The van der Waals surface area contributed by atoms with Gasteiger partial charge in [-0.2, -0.15) is 0 Å². The number of ether oxygens (including phenoxy) is 1. The van der Waals surface area contributed by atoms with Crippen LogP contribution in [0.15, 0.2) is 47.5 Å². The van der Waals surface area contributed by atoms with Crippen molar-refractivity contribution >= 4 is 27.5 Å². The molecule has 4 rings (SSSR count). The number of carbonyl (C=O) groups excluding carboxylic acids is 1. The van der Waals surface area contributed by atoms with Crippen LogP contribution < -0.4 is 5.56 Å². The lowest BCUT2D eigenvalue weighted by Crippen LogP contribution is -2.32. The van der Waals surface area contributed by atoms with Gasteiger partial charge < -0.3 is 4.74 Å². The minimum atomic E-state index is -0.684. The maximum atomic E-state index is 12.9. The monoisotopic (exact) mass is 382 g/mol. The van der Waals surface area contributed by atoms with E-state index in [-0.39, 0.29) is 17.6 Å². The maximum absolute atomic E-state index is 12.9. The summed E-state index contributed by atoms with van der Waals surface area (Å²) >= 11 is 1.48. The van der Waals surface area contributed by atoms with Crippen molar-refractivity contribution in [1.29, 1.82) is 0 Å². The zero-order valence-electron chi connectivity index (χ0n) is 15.3.